The normalized spacial score (nSPS) is 11.0. The lowest BCUT2D eigenvalue weighted by Gasteiger charge is -2.12. The molecule has 4 nitrogen and oxygen atoms in total. The summed E-state index contributed by atoms with van der Waals surface area (Å²) in [4.78, 5) is 19.4. The molecule has 0 spiro atoms. The Bertz CT molecular complexity index is 669. The van der Waals surface area contributed by atoms with Gasteiger partial charge in [0.15, 0.2) is 0 Å². The molecule has 0 radical (unpaired) electrons. The molecule has 0 atom stereocenters. The first-order valence-corrected chi connectivity index (χ1v) is 5.83. The second-order valence-corrected chi connectivity index (χ2v) is 4.05. The number of anilines is 1. The highest BCUT2D eigenvalue weighted by molar-refractivity contribution is 6.04. The number of hydrogen-bond donors (Lipinski definition) is 1. The van der Waals surface area contributed by atoms with Crippen molar-refractivity contribution in [2.24, 2.45) is 0 Å². The predicted octanol–water partition coefficient (Wildman–Crippen LogP) is 3.39. The number of carbonyl (C=O) groups is 1. The zero-order valence-corrected chi connectivity index (χ0v) is 10.7. The standard InChI is InChI=1S/C14H10F3N3O/c1-2-11-12(7-10(8-19-11)14(15,16)17)20-13(21)9-3-5-18-6-4-9/h2-8H,1H2,(H,20,21). The molecule has 0 aliphatic rings. The number of alkyl halides is 3. The number of amides is 1. The maximum absolute atomic E-state index is 12.7. The van der Waals surface area contributed by atoms with Crippen LogP contribution in [0, 0.1) is 0 Å². The molecule has 0 fully saturated rings. The molecule has 2 aromatic rings. The minimum absolute atomic E-state index is 0.0540. The van der Waals surface area contributed by atoms with Gasteiger partial charge < -0.3 is 5.32 Å². The van der Waals surface area contributed by atoms with E-state index in [1.54, 1.807) is 0 Å². The third-order valence-electron chi connectivity index (χ3n) is 2.63. The lowest BCUT2D eigenvalue weighted by Crippen LogP contribution is -2.15. The summed E-state index contributed by atoms with van der Waals surface area (Å²) in [5.74, 6) is -0.554. The fraction of sp³-hybridized carbons (Fsp3) is 0.0714. The summed E-state index contributed by atoms with van der Waals surface area (Å²) in [6.45, 7) is 3.46. The number of hydrogen-bond acceptors (Lipinski definition) is 3. The van der Waals surface area contributed by atoms with Crippen molar-refractivity contribution in [2.75, 3.05) is 5.32 Å². The van der Waals surface area contributed by atoms with Gasteiger partial charge in [-0.15, -0.1) is 0 Å². The summed E-state index contributed by atoms with van der Waals surface area (Å²) in [5, 5.41) is 2.39. The average molecular weight is 293 g/mol. The fourth-order valence-corrected chi connectivity index (χ4v) is 1.59. The van der Waals surface area contributed by atoms with Crippen molar-refractivity contribution < 1.29 is 18.0 Å². The summed E-state index contributed by atoms with van der Waals surface area (Å²) in [7, 11) is 0. The highest BCUT2D eigenvalue weighted by Crippen LogP contribution is 2.31. The Morgan fingerprint density at radius 3 is 2.52 bits per heavy atom. The maximum atomic E-state index is 12.7. The Hall–Kier alpha value is -2.70. The molecule has 0 aromatic carbocycles. The minimum atomic E-state index is -4.54. The molecule has 0 saturated heterocycles. The van der Waals surface area contributed by atoms with E-state index in [-0.39, 0.29) is 16.9 Å². The largest absolute Gasteiger partial charge is 0.417 e. The molecule has 0 aliphatic carbocycles. The molecule has 0 bridgehead atoms. The first-order valence-electron chi connectivity index (χ1n) is 5.83. The van der Waals surface area contributed by atoms with Gasteiger partial charge in [-0.2, -0.15) is 13.2 Å². The van der Waals surface area contributed by atoms with Gasteiger partial charge in [0.2, 0.25) is 0 Å². The summed E-state index contributed by atoms with van der Waals surface area (Å²) >= 11 is 0. The van der Waals surface area contributed by atoms with E-state index in [1.807, 2.05) is 0 Å². The molecule has 0 aliphatic heterocycles. The lowest BCUT2D eigenvalue weighted by atomic mass is 10.2. The fourth-order valence-electron chi connectivity index (χ4n) is 1.59. The van der Waals surface area contributed by atoms with Crippen molar-refractivity contribution in [2.45, 2.75) is 6.18 Å². The first-order chi connectivity index (χ1) is 9.91. The predicted molar refractivity (Wildman–Crippen MR) is 71.5 cm³/mol. The van der Waals surface area contributed by atoms with Crippen LogP contribution in [0.2, 0.25) is 0 Å². The molecule has 7 heteroatoms. The molecule has 2 heterocycles. The molecular weight excluding hydrogens is 283 g/mol. The highest BCUT2D eigenvalue weighted by Gasteiger charge is 2.31. The Kier molecular flexibility index (Phi) is 4.02. The second-order valence-electron chi connectivity index (χ2n) is 4.05. The van der Waals surface area contributed by atoms with Gasteiger partial charge >= 0.3 is 6.18 Å². The van der Waals surface area contributed by atoms with Gasteiger partial charge in [-0.05, 0) is 24.3 Å². The van der Waals surface area contributed by atoms with E-state index in [0.29, 0.717) is 6.20 Å². The van der Waals surface area contributed by atoms with E-state index < -0.39 is 17.6 Å². The number of rotatable bonds is 3. The van der Waals surface area contributed by atoms with Crippen LogP contribution >= 0.6 is 0 Å². The van der Waals surface area contributed by atoms with E-state index >= 15 is 0 Å². The van der Waals surface area contributed by atoms with E-state index in [4.69, 9.17) is 0 Å². The second kappa shape index (κ2) is 5.74. The molecule has 2 aromatic heterocycles. The van der Waals surface area contributed by atoms with Crippen molar-refractivity contribution in [3.8, 4) is 0 Å². The molecule has 0 saturated carbocycles. The molecule has 108 valence electrons. The zero-order chi connectivity index (χ0) is 15.5. The van der Waals surface area contributed by atoms with Gasteiger partial charge in [-0.3, -0.25) is 14.8 Å². The quantitative estimate of drug-likeness (QED) is 0.943. The monoisotopic (exact) mass is 293 g/mol. The van der Waals surface area contributed by atoms with Crippen LogP contribution in [0.1, 0.15) is 21.6 Å². The third kappa shape index (κ3) is 3.44. The van der Waals surface area contributed by atoms with Crippen LogP contribution in [0.25, 0.3) is 6.08 Å². The van der Waals surface area contributed by atoms with Gasteiger partial charge in [-0.1, -0.05) is 6.58 Å². The smallest absolute Gasteiger partial charge is 0.320 e. The van der Waals surface area contributed by atoms with Gasteiger partial charge in [0, 0.05) is 24.2 Å². The van der Waals surface area contributed by atoms with Crippen LogP contribution in [0.3, 0.4) is 0 Å². The van der Waals surface area contributed by atoms with E-state index in [0.717, 1.165) is 6.07 Å². The van der Waals surface area contributed by atoms with Crippen LogP contribution in [0.4, 0.5) is 18.9 Å². The van der Waals surface area contributed by atoms with Crippen LogP contribution in [-0.2, 0) is 6.18 Å². The number of aromatic nitrogens is 2. The van der Waals surface area contributed by atoms with Gasteiger partial charge in [0.25, 0.3) is 5.91 Å². The molecule has 2 rings (SSSR count). The van der Waals surface area contributed by atoms with Crippen molar-refractivity contribution in [3.05, 3.63) is 60.2 Å². The molecular formula is C14H10F3N3O. The highest BCUT2D eigenvalue weighted by atomic mass is 19.4. The van der Waals surface area contributed by atoms with Crippen molar-refractivity contribution >= 4 is 17.7 Å². The van der Waals surface area contributed by atoms with Gasteiger partial charge in [-0.25, -0.2) is 0 Å². The Morgan fingerprint density at radius 1 is 1.29 bits per heavy atom. The van der Waals surface area contributed by atoms with Crippen LogP contribution < -0.4 is 5.32 Å². The van der Waals surface area contributed by atoms with Crippen molar-refractivity contribution in [1.82, 2.24) is 9.97 Å². The topological polar surface area (TPSA) is 54.9 Å². The third-order valence-corrected chi connectivity index (χ3v) is 2.63. The van der Waals surface area contributed by atoms with Gasteiger partial charge in [0.05, 0.1) is 16.9 Å². The van der Waals surface area contributed by atoms with E-state index in [2.05, 4.69) is 21.9 Å². The number of nitrogens with zero attached hydrogens (tertiary/aromatic N) is 2. The van der Waals surface area contributed by atoms with Crippen molar-refractivity contribution in [3.63, 3.8) is 0 Å². The summed E-state index contributed by atoms with van der Waals surface area (Å²) in [6, 6.07) is 3.72. The first kappa shape index (κ1) is 14.7. The molecule has 1 amide bonds. The van der Waals surface area contributed by atoms with E-state index in [1.165, 1.54) is 30.6 Å². The number of pyridine rings is 2. The summed E-state index contributed by atoms with van der Waals surface area (Å²) in [5.41, 5.74) is -0.567. The summed E-state index contributed by atoms with van der Waals surface area (Å²) < 4.78 is 38.0. The summed E-state index contributed by atoms with van der Waals surface area (Å²) in [6.07, 6.45) is 0.242. The Labute approximate surface area is 118 Å². The van der Waals surface area contributed by atoms with Crippen LogP contribution in [0.15, 0.2) is 43.4 Å². The van der Waals surface area contributed by atoms with Crippen molar-refractivity contribution in [1.29, 1.82) is 0 Å². The number of nitrogens with one attached hydrogen (secondary N) is 1. The molecule has 1 N–H and O–H groups in total. The van der Waals surface area contributed by atoms with Crippen LogP contribution in [0.5, 0.6) is 0 Å². The maximum Gasteiger partial charge on any atom is 0.417 e. The molecule has 21 heavy (non-hydrogen) atoms. The number of halogens is 3. The van der Waals surface area contributed by atoms with E-state index in [9.17, 15) is 18.0 Å². The van der Waals surface area contributed by atoms with Gasteiger partial charge in [0.1, 0.15) is 0 Å². The Morgan fingerprint density at radius 2 is 1.95 bits per heavy atom. The zero-order valence-electron chi connectivity index (χ0n) is 10.7. The Balaban J connectivity index is 2.34. The van der Waals surface area contributed by atoms with Crippen LogP contribution in [-0.4, -0.2) is 15.9 Å². The number of carbonyl (C=O) groups excluding carboxylic acids is 1. The SMILES string of the molecule is C=Cc1ncc(C(F)(F)F)cc1NC(=O)c1ccncc1. The lowest BCUT2D eigenvalue weighted by molar-refractivity contribution is -0.137. The average Bonchev–Trinajstić information content (AvgIpc) is 2.47. The minimum Gasteiger partial charge on any atom is -0.320 e. The molecule has 0 unspecified atom stereocenters.